The molecule has 4 heteroatoms. The quantitative estimate of drug-likeness (QED) is 0.913. The molecule has 1 aliphatic heterocycles. The zero-order chi connectivity index (χ0) is 14.1. The molecule has 0 spiro atoms. The second kappa shape index (κ2) is 5.29. The molecule has 3 rings (SSSR count). The third-order valence-corrected chi connectivity index (χ3v) is 4.02. The minimum atomic E-state index is 0.101. The Morgan fingerprint density at radius 3 is 3.05 bits per heavy atom. The number of hydrogen-bond donors (Lipinski definition) is 1. The van der Waals surface area contributed by atoms with Crippen LogP contribution in [0.15, 0.2) is 30.5 Å². The molecule has 106 valence electrons. The SMILES string of the molecule is CCC1COC(C)CN1C(=O)c1c[nH]c2ccccc12. The second-order valence-electron chi connectivity index (χ2n) is 5.41. The van der Waals surface area contributed by atoms with Gasteiger partial charge in [-0.1, -0.05) is 25.1 Å². The van der Waals surface area contributed by atoms with E-state index in [1.165, 1.54) is 0 Å². The highest BCUT2D eigenvalue weighted by Crippen LogP contribution is 2.23. The molecule has 1 fully saturated rings. The molecule has 0 saturated carbocycles. The van der Waals surface area contributed by atoms with Crippen LogP contribution in [0.4, 0.5) is 0 Å². The average molecular weight is 272 g/mol. The number of nitrogens with one attached hydrogen (secondary N) is 1. The summed E-state index contributed by atoms with van der Waals surface area (Å²) in [6.07, 6.45) is 2.84. The largest absolute Gasteiger partial charge is 0.375 e. The van der Waals surface area contributed by atoms with E-state index in [0.29, 0.717) is 13.2 Å². The highest BCUT2D eigenvalue weighted by atomic mass is 16.5. The number of hydrogen-bond acceptors (Lipinski definition) is 2. The first-order valence-corrected chi connectivity index (χ1v) is 7.19. The first-order valence-electron chi connectivity index (χ1n) is 7.19. The number of morpholine rings is 1. The maximum Gasteiger partial charge on any atom is 0.256 e. The molecule has 2 unspecified atom stereocenters. The van der Waals surface area contributed by atoms with Crippen molar-refractivity contribution >= 4 is 16.8 Å². The Hall–Kier alpha value is -1.81. The lowest BCUT2D eigenvalue weighted by Gasteiger charge is -2.38. The van der Waals surface area contributed by atoms with Gasteiger partial charge >= 0.3 is 0 Å². The predicted octanol–water partition coefficient (Wildman–Crippen LogP) is 2.81. The number of para-hydroxylation sites is 1. The maximum atomic E-state index is 12.8. The number of H-pyrrole nitrogens is 1. The van der Waals surface area contributed by atoms with Crippen molar-refractivity contribution in [3.8, 4) is 0 Å². The summed E-state index contributed by atoms with van der Waals surface area (Å²) in [5.41, 5.74) is 1.76. The summed E-state index contributed by atoms with van der Waals surface area (Å²) in [6.45, 7) is 5.41. The minimum Gasteiger partial charge on any atom is -0.375 e. The van der Waals surface area contributed by atoms with E-state index in [4.69, 9.17) is 4.74 Å². The zero-order valence-electron chi connectivity index (χ0n) is 11.9. The van der Waals surface area contributed by atoms with Gasteiger partial charge in [0.05, 0.1) is 24.3 Å². The number of aromatic nitrogens is 1. The molecule has 2 aromatic rings. The first-order chi connectivity index (χ1) is 9.70. The van der Waals surface area contributed by atoms with Crippen molar-refractivity contribution in [1.82, 2.24) is 9.88 Å². The Balaban J connectivity index is 1.94. The van der Waals surface area contributed by atoms with Crippen molar-refractivity contribution < 1.29 is 9.53 Å². The van der Waals surface area contributed by atoms with Crippen LogP contribution in [-0.4, -0.2) is 41.1 Å². The van der Waals surface area contributed by atoms with E-state index in [9.17, 15) is 4.79 Å². The highest BCUT2D eigenvalue weighted by Gasteiger charge is 2.30. The van der Waals surface area contributed by atoms with Crippen LogP contribution in [0.2, 0.25) is 0 Å². The number of fused-ring (bicyclic) bond motifs is 1. The van der Waals surface area contributed by atoms with Crippen LogP contribution < -0.4 is 0 Å². The number of amides is 1. The van der Waals surface area contributed by atoms with Crippen LogP contribution in [0.25, 0.3) is 10.9 Å². The van der Waals surface area contributed by atoms with Crippen LogP contribution in [0.3, 0.4) is 0 Å². The van der Waals surface area contributed by atoms with Gasteiger partial charge in [-0.3, -0.25) is 4.79 Å². The van der Waals surface area contributed by atoms with E-state index >= 15 is 0 Å². The summed E-state index contributed by atoms with van der Waals surface area (Å²) < 4.78 is 5.66. The van der Waals surface area contributed by atoms with Crippen molar-refractivity contribution in [2.45, 2.75) is 32.4 Å². The fraction of sp³-hybridized carbons (Fsp3) is 0.438. The zero-order valence-corrected chi connectivity index (χ0v) is 11.9. The van der Waals surface area contributed by atoms with Crippen molar-refractivity contribution in [3.63, 3.8) is 0 Å². The Bertz CT molecular complexity index is 620. The Labute approximate surface area is 118 Å². The van der Waals surface area contributed by atoms with E-state index in [1.807, 2.05) is 42.3 Å². The second-order valence-corrected chi connectivity index (χ2v) is 5.41. The molecule has 4 nitrogen and oxygen atoms in total. The predicted molar refractivity (Wildman–Crippen MR) is 78.8 cm³/mol. The van der Waals surface area contributed by atoms with Crippen molar-refractivity contribution in [2.75, 3.05) is 13.2 Å². The molecule has 20 heavy (non-hydrogen) atoms. The van der Waals surface area contributed by atoms with Gasteiger partial charge in [-0.15, -0.1) is 0 Å². The molecule has 0 radical (unpaired) electrons. The minimum absolute atomic E-state index is 0.101. The van der Waals surface area contributed by atoms with Crippen LogP contribution in [-0.2, 0) is 4.74 Å². The summed E-state index contributed by atoms with van der Waals surface area (Å²) >= 11 is 0. The van der Waals surface area contributed by atoms with Crippen molar-refractivity contribution in [2.24, 2.45) is 0 Å². The van der Waals surface area contributed by atoms with E-state index in [-0.39, 0.29) is 18.1 Å². The van der Waals surface area contributed by atoms with Crippen LogP contribution in [0.1, 0.15) is 30.6 Å². The van der Waals surface area contributed by atoms with Crippen molar-refractivity contribution in [1.29, 1.82) is 0 Å². The lowest BCUT2D eigenvalue weighted by atomic mass is 10.1. The smallest absolute Gasteiger partial charge is 0.256 e. The standard InChI is InChI=1S/C16H20N2O2/c1-3-12-10-20-11(2)9-18(12)16(19)14-8-17-15-7-5-4-6-13(14)15/h4-8,11-12,17H,3,9-10H2,1-2H3. The summed E-state index contributed by atoms with van der Waals surface area (Å²) in [6, 6.07) is 8.09. The Morgan fingerprint density at radius 1 is 1.45 bits per heavy atom. The summed E-state index contributed by atoms with van der Waals surface area (Å²) in [4.78, 5) is 18.0. The molecule has 0 aliphatic carbocycles. The fourth-order valence-corrected chi connectivity index (χ4v) is 2.83. The average Bonchev–Trinajstić information content (AvgIpc) is 2.90. The van der Waals surface area contributed by atoms with E-state index in [2.05, 4.69) is 11.9 Å². The number of carbonyl (C=O) groups is 1. The summed E-state index contributed by atoms with van der Waals surface area (Å²) in [5.74, 6) is 0.101. The molecule has 1 aromatic heterocycles. The Kier molecular flexibility index (Phi) is 3.49. The molecule has 0 bridgehead atoms. The molecular weight excluding hydrogens is 252 g/mol. The van der Waals surface area contributed by atoms with E-state index in [0.717, 1.165) is 22.9 Å². The molecule has 2 atom stereocenters. The summed E-state index contributed by atoms with van der Waals surface area (Å²) in [5, 5.41) is 0.992. The maximum absolute atomic E-state index is 12.8. The third kappa shape index (κ3) is 2.20. The van der Waals surface area contributed by atoms with Crippen LogP contribution >= 0.6 is 0 Å². The van der Waals surface area contributed by atoms with E-state index < -0.39 is 0 Å². The van der Waals surface area contributed by atoms with Crippen molar-refractivity contribution in [3.05, 3.63) is 36.0 Å². The van der Waals surface area contributed by atoms with Gasteiger partial charge in [-0.05, 0) is 19.4 Å². The van der Waals surface area contributed by atoms with Gasteiger partial charge in [0.1, 0.15) is 0 Å². The normalized spacial score (nSPS) is 23.2. The number of carbonyl (C=O) groups excluding carboxylic acids is 1. The fourth-order valence-electron chi connectivity index (χ4n) is 2.83. The first kappa shape index (κ1) is 13.2. The van der Waals surface area contributed by atoms with Gasteiger partial charge in [0.15, 0.2) is 0 Å². The number of aromatic amines is 1. The topological polar surface area (TPSA) is 45.3 Å². The van der Waals surface area contributed by atoms with Gasteiger partial charge in [0.2, 0.25) is 0 Å². The van der Waals surface area contributed by atoms with Gasteiger partial charge in [0, 0.05) is 23.6 Å². The lowest BCUT2D eigenvalue weighted by molar-refractivity contribution is -0.0443. The Morgan fingerprint density at radius 2 is 2.25 bits per heavy atom. The molecule has 2 heterocycles. The van der Waals surface area contributed by atoms with Gasteiger partial charge in [-0.2, -0.15) is 0 Å². The number of ether oxygens (including phenoxy) is 1. The highest BCUT2D eigenvalue weighted by molar-refractivity contribution is 6.06. The monoisotopic (exact) mass is 272 g/mol. The molecule has 1 saturated heterocycles. The molecule has 1 aliphatic rings. The summed E-state index contributed by atoms with van der Waals surface area (Å²) in [7, 11) is 0. The molecule has 1 amide bonds. The number of rotatable bonds is 2. The molecule has 1 N–H and O–H groups in total. The van der Waals surface area contributed by atoms with Gasteiger partial charge < -0.3 is 14.6 Å². The number of nitrogens with zero attached hydrogens (tertiary/aromatic N) is 1. The lowest BCUT2D eigenvalue weighted by Crippen LogP contribution is -2.51. The van der Waals surface area contributed by atoms with E-state index in [1.54, 1.807) is 0 Å². The number of benzene rings is 1. The molecular formula is C16H20N2O2. The van der Waals surface area contributed by atoms with Crippen LogP contribution in [0, 0.1) is 0 Å². The van der Waals surface area contributed by atoms with Crippen LogP contribution in [0.5, 0.6) is 0 Å². The van der Waals surface area contributed by atoms with Gasteiger partial charge in [-0.25, -0.2) is 0 Å². The molecule has 1 aromatic carbocycles. The van der Waals surface area contributed by atoms with Gasteiger partial charge in [0.25, 0.3) is 5.91 Å². The third-order valence-electron chi connectivity index (χ3n) is 4.02.